The lowest BCUT2D eigenvalue weighted by atomic mass is 9.82. The number of rotatable bonds is 4. The van der Waals surface area contributed by atoms with Crippen LogP contribution in [0.25, 0.3) is 0 Å². The summed E-state index contributed by atoms with van der Waals surface area (Å²) in [5.41, 5.74) is 2.83. The van der Waals surface area contributed by atoms with Crippen molar-refractivity contribution in [2.75, 3.05) is 27.8 Å². The van der Waals surface area contributed by atoms with Gasteiger partial charge in [-0.15, -0.1) is 0 Å². The molecule has 1 aromatic carbocycles. The van der Waals surface area contributed by atoms with Gasteiger partial charge < -0.3 is 14.8 Å². The van der Waals surface area contributed by atoms with Gasteiger partial charge in [0.15, 0.2) is 11.5 Å². The Balaban J connectivity index is 2.39. The molecule has 0 radical (unpaired) electrons. The molecule has 0 spiro atoms. The number of aryl methyl sites for hydroxylation is 1. The first-order valence-electron chi connectivity index (χ1n) is 6.19. The van der Waals surface area contributed by atoms with Gasteiger partial charge in [0.05, 0.1) is 14.2 Å². The summed E-state index contributed by atoms with van der Waals surface area (Å²) in [7, 11) is 5.40. The van der Waals surface area contributed by atoms with E-state index in [4.69, 9.17) is 9.47 Å². The molecule has 0 bridgehead atoms. The molecule has 0 saturated carbocycles. The molecule has 0 heterocycles. The Morgan fingerprint density at radius 1 is 1.24 bits per heavy atom. The molecule has 94 valence electrons. The van der Waals surface area contributed by atoms with Crippen molar-refractivity contribution in [3.05, 3.63) is 23.3 Å². The van der Waals surface area contributed by atoms with Gasteiger partial charge in [-0.05, 0) is 55.5 Å². The largest absolute Gasteiger partial charge is 0.493 e. The van der Waals surface area contributed by atoms with E-state index in [2.05, 4.69) is 17.4 Å². The van der Waals surface area contributed by atoms with Crippen molar-refractivity contribution < 1.29 is 9.47 Å². The maximum atomic E-state index is 5.38. The number of hydrogen-bond acceptors (Lipinski definition) is 3. The maximum Gasteiger partial charge on any atom is 0.161 e. The number of nitrogens with one attached hydrogen (secondary N) is 1. The fraction of sp³-hybridized carbons (Fsp3) is 0.571. The molecule has 0 aromatic heterocycles. The van der Waals surface area contributed by atoms with E-state index in [1.54, 1.807) is 14.2 Å². The second kappa shape index (κ2) is 5.41. The number of ether oxygens (including phenoxy) is 2. The summed E-state index contributed by atoms with van der Waals surface area (Å²) in [6.45, 7) is 1.03. The fourth-order valence-corrected chi connectivity index (χ4v) is 2.69. The third-order valence-electron chi connectivity index (χ3n) is 3.53. The highest BCUT2D eigenvalue weighted by Gasteiger charge is 2.22. The van der Waals surface area contributed by atoms with E-state index in [1.165, 1.54) is 24.0 Å². The fourth-order valence-electron chi connectivity index (χ4n) is 2.69. The highest BCUT2D eigenvalue weighted by atomic mass is 16.5. The number of hydrogen-bond donors (Lipinski definition) is 1. The van der Waals surface area contributed by atoms with Crippen molar-refractivity contribution in [3.8, 4) is 11.5 Å². The standard InChI is InChI=1S/C14H21NO2/c1-15-9-11-6-4-5-10-7-13(16-2)14(17-3)8-12(10)11/h7-8,11,15H,4-6,9H2,1-3H3/t11-/m0/s1. The Morgan fingerprint density at radius 2 is 1.94 bits per heavy atom. The molecule has 0 saturated heterocycles. The zero-order valence-electron chi connectivity index (χ0n) is 10.9. The minimum absolute atomic E-state index is 0.601. The molecule has 0 amide bonds. The van der Waals surface area contributed by atoms with Crippen LogP contribution >= 0.6 is 0 Å². The average Bonchev–Trinajstić information content (AvgIpc) is 2.38. The number of benzene rings is 1. The molecule has 1 atom stereocenters. The number of likely N-dealkylation sites (N-methyl/N-ethyl adjacent to an activating group) is 1. The molecule has 1 aliphatic carbocycles. The van der Waals surface area contributed by atoms with Crippen LogP contribution in [-0.4, -0.2) is 27.8 Å². The molecular weight excluding hydrogens is 214 g/mol. The molecular formula is C14H21NO2. The van der Waals surface area contributed by atoms with Crippen LogP contribution in [0.15, 0.2) is 12.1 Å². The minimum Gasteiger partial charge on any atom is -0.493 e. The van der Waals surface area contributed by atoms with Crippen LogP contribution in [0.5, 0.6) is 11.5 Å². The SMILES string of the molecule is CNC[C@@H]1CCCc2cc(OC)c(OC)cc21. The van der Waals surface area contributed by atoms with Gasteiger partial charge in [-0.1, -0.05) is 0 Å². The highest BCUT2D eigenvalue weighted by molar-refractivity contribution is 5.49. The minimum atomic E-state index is 0.601. The van der Waals surface area contributed by atoms with E-state index in [-0.39, 0.29) is 0 Å². The summed E-state index contributed by atoms with van der Waals surface area (Å²) < 4.78 is 10.7. The van der Waals surface area contributed by atoms with Gasteiger partial charge in [0.25, 0.3) is 0 Å². The van der Waals surface area contributed by atoms with Crippen molar-refractivity contribution in [2.24, 2.45) is 0 Å². The van der Waals surface area contributed by atoms with Crippen molar-refractivity contribution in [3.63, 3.8) is 0 Å². The quantitative estimate of drug-likeness (QED) is 0.869. The molecule has 3 heteroatoms. The van der Waals surface area contributed by atoms with E-state index in [1.807, 2.05) is 7.05 Å². The first-order chi connectivity index (χ1) is 8.30. The molecule has 0 aliphatic heterocycles. The van der Waals surface area contributed by atoms with Crippen molar-refractivity contribution >= 4 is 0 Å². The maximum absolute atomic E-state index is 5.38. The van der Waals surface area contributed by atoms with Crippen molar-refractivity contribution in [2.45, 2.75) is 25.2 Å². The van der Waals surface area contributed by atoms with Crippen LogP contribution in [0.2, 0.25) is 0 Å². The Labute approximate surface area is 103 Å². The molecule has 17 heavy (non-hydrogen) atoms. The van der Waals surface area contributed by atoms with Crippen LogP contribution in [0.3, 0.4) is 0 Å². The van der Waals surface area contributed by atoms with E-state index in [9.17, 15) is 0 Å². The van der Waals surface area contributed by atoms with Gasteiger partial charge in [-0.3, -0.25) is 0 Å². The van der Waals surface area contributed by atoms with Crippen molar-refractivity contribution in [1.29, 1.82) is 0 Å². The van der Waals surface area contributed by atoms with Gasteiger partial charge in [0.1, 0.15) is 0 Å². The third kappa shape index (κ3) is 2.39. The van der Waals surface area contributed by atoms with Gasteiger partial charge >= 0.3 is 0 Å². The molecule has 0 unspecified atom stereocenters. The Bertz CT molecular complexity index is 390. The third-order valence-corrected chi connectivity index (χ3v) is 3.53. The number of methoxy groups -OCH3 is 2. The molecule has 2 rings (SSSR count). The molecule has 1 aliphatic rings. The van der Waals surface area contributed by atoms with Gasteiger partial charge in [0.2, 0.25) is 0 Å². The second-order valence-electron chi connectivity index (χ2n) is 4.55. The zero-order chi connectivity index (χ0) is 12.3. The van der Waals surface area contributed by atoms with E-state index in [0.717, 1.165) is 24.5 Å². The summed E-state index contributed by atoms with van der Waals surface area (Å²) in [5, 5.41) is 3.27. The summed E-state index contributed by atoms with van der Waals surface area (Å²) in [6.07, 6.45) is 3.66. The molecule has 0 fully saturated rings. The summed E-state index contributed by atoms with van der Waals surface area (Å²) in [4.78, 5) is 0. The lowest BCUT2D eigenvalue weighted by Gasteiger charge is -2.26. The summed E-state index contributed by atoms with van der Waals surface area (Å²) >= 11 is 0. The van der Waals surface area contributed by atoms with E-state index in [0.29, 0.717) is 5.92 Å². The van der Waals surface area contributed by atoms with Crippen LogP contribution in [0.4, 0.5) is 0 Å². The Hall–Kier alpha value is -1.22. The van der Waals surface area contributed by atoms with Gasteiger partial charge in [-0.2, -0.15) is 0 Å². The van der Waals surface area contributed by atoms with Gasteiger partial charge in [-0.25, -0.2) is 0 Å². The summed E-state index contributed by atoms with van der Waals surface area (Å²) in [6, 6.07) is 4.28. The van der Waals surface area contributed by atoms with Crippen molar-refractivity contribution in [1.82, 2.24) is 5.32 Å². The highest BCUT2D eigenvalue weighted by Crippen LogP contribution is 2.38. The smallest absolute Gasteiger partial charge is 0.161 e. The number of fused-ring (bicyclic) bond motifs is 1. The first kappa shape index (κ1) is 12.2. The molecule has 1 N–H and O–H groups in total. The van der Waals surface area contributed by atoms with Crippen LogP contribution < -0.4 is 14.8 Å². The van der Waals surface area contributed by atoms with Crippen LogP contribution in [0.1, 0.15) is 29.9 Å². The normalized spacial score (nSPS) is 18.6. The van der Waals surface area contributed by atoms with E-state index < -0.39 is 0 Å². The van der Waals surface area contributed by atoms with Gasteiger partial charge in [0, 0.05) is 6.54 Å². The monoisotopic (exact) mass is 235 g/mol. The zero-order valence-corrected chi connectivity index (χ0v) is 10.9. The van der Waals surface area contributed by atoms with Crippen LogP contribution in [-0.2, 0) is 6.42 Å². The lowest BCUT2D eigenvalue weighted by molar-refractivity contribution is 0.352. The molecule has 1 aromatic rings. The second-order valence-corrected chi connectivity index (χ2v) is 4.55. The molecule has 3 nitrogen and oxygen atoms in total. The predicted octanol–water partition coefficient (Wildman–Crippen LogP) is 2.34. The van der Waals surface area contributed by atoms with E-state index >= 15 is 0 Å². The average molecular weight is 235 g/mol. The summed E-state index contributed by atoms with van der Waals surface area (Å²) in [5.74, 6) is 2.29. The predicted molar refractivity (Wildman–Crippen MR) is 69.2 cm³/mol. The van der Waals surface area contributed by atoms with Crippen LogP contribution in [0, 0.1) is 0 Å². The Morgan fingerprint density at radius 3 is 2.59 bits per heavy atom. The first-order valence-corrected chi connectivity index (χ1v) is 6.19. The Kier molecular flexibility index (Phi) is 3.89. The topological polar surface area (TPSA) is 30.5 Å². The lowest BCUT2D eigenvalue weighted by Crippen LogP contribution is -2.21.